The van der Waals surface area contributed by atoms with Crippen LogP contribution in [0.2, 0.25) is 0 Å². The molecule has 0 spiro atoms. The van der Waals surface area contributed by atoms with Crippen LogP contribution >= 0.6 is 0 Å². The maximum atomic E-state index is 11.3. The van der Waals surface area contributed by atoms with Crippen LogP contribution in [0.1, 0.15) is 30.9 Å². The molecule has 2 aromatic rings. The number of ether oxygens (including phenoxy) is 1. The normalized spacial score (nSPS) is 13.8. The monoisotopic (exact) mass is 272 g/mol. The average molecular weight is 272 g/mol. The van der Waals surface area contributed by atoms with Crippen molar-refractivity contribution >= 4 is 16.8 Å². The Hall–Kier alpha value is -1.97. The highest BCUT2D eigenvalue weighted by Crippen LogP contribution is 2.33. The number of carbonyl (C=O) groups is 1. The Bertz CT molecular complexity index is 631. The Labute approximate surface area is 118 Å². The van der Waals surface area contributed by atoms with Crippen molar-refractivity contribution in [3.8, 4) is 5.75 Å². The third kappa shape index (κ3) is 2.38. The minimum atomic E-state index is 0.107. The second kappa shape index (κ2) is 5.57. The van der Waals surface area contributed by atoms with E-state index in [9.17, 15) is 4.79 Å². The fraction of sp³-hybridized carbons (Fsp3) is 0.438. The first-order chi connectivity index (χ1) is 9.79. The van der Waals surface area contributed by atoms with Gasteiger partial charge in [0.1, 0.15) is 5.75 Å². The molecular weight excluding hydrogens is 252 g/mol. The summed E-state index contributed by atoms with van der Waals surface area (Å²) in [6.45, 7) is 3.36. The van der Waals surface area contributed by atoms with Crippen LogP contribution in [0.25, 0.3) is 10.9 Å². The molecule has 0 atom stereocenters. The summed E-state index contributed by atoms with van der Waals surface area (Å²) in [6.07, 6.45) is 5.58. The van der Waals surface area contributed by atoms with Crippen LogP contribution in [0, 0.1) is 0 Å². The van der Waals surface area contributed by atoms with Crippen molar-refractivity contribution in [3.63, 3.8) is 0 Å². The summed E-state index contributed by atoms with van der Waals surface area (Å²) in [4.78, 5) is 14.6. The molecule has 20 heavy (non-hydrogen) atoms. The van der Waals surface area contributed by atoms with Crippen molar-refractivity contribution in [1.82, 2.24) is 10.3 Å². The first-order valence-corrected chi connectivity index (χ1v) is 7.31. The summed E-state index contributed by atoms with van der Waals surface area (Å²) in [7, 11) is 0. The van der Waals surface area contributed by atoms with Crippen molar-refractivity contribution in [3.05, 3.63) is 29.5 Å². The number of fused-ring (bicyclic) bond motifs is 3. The van der Waals surface area contributed by atoms with Gasteiger partial charge < -0.3 is 15.0 Å². The van der Waals surface area contributed by atoms with Gasteiger partial charge in [0.2, 0.25) is 5.91 Å². The Morgan fingerprint density at radius 2 is 2.35 bits per heavy atom. The standard InChI is InChI=1S/C16H20N2O2/c1-2-15(19)17-8-7-11-10-18-13-5-6-14-12(16(11)13)4-3-9-20-14/h5-6,10,18H,2-4,7-9H2,1H3,(H,17,19). The molecule has 1 aromatic carbocycles. The molecule has 0 bridgehead atoms. The van der Waals surface area contributed by atoms with Gasteiger partial charge in [0, 0.05) is 35.6 Å². The zero-order valence-electron chi connectivity index (χ0n) is 11.8. The molecule has 0 saturated heterocycles. The predicted octanol–water partition coefficient (Wildman–Crippen LogP) is 2.56. The summed E-state index contributed by atoms with van der Waals surface area (Å²) < 4.78 is 5.73. The molecule has 0 unspecified atom stereocenters. The predicted molar refractivity (Wildman–Crippen MR) is 79.1 cm³/mol. The third-order valence-corrected chi connectivity index (χ3v) is 3.86. The van der Waals surface area contributed by atoms with Crippen molar-refractivity contribution in [2.24, 2.45) is 0 Å². The van der Waals surface area contributed by atoms with Crippen molar-refractivity contribution in [2.45, 2.75) is 32.6 Å². The van der Waals surface area contributed by atoms with Crippen LogP contribution < -0.4 is 10.1 Å². The van der Waals surface area contributed by atoms with Gasteiger partial charge in [-0.3, -0.25) is 4.79 Å². The molecular formula is C16H20N2O2. The van der Waals surface area contributed by atoms with Gasteiger partial charge in [-0.1, -0.05) is 6.92 Å². The minimum Gasteiger partial charge on any atom is -0.493 e. The molecule has 0 aliphatic carbocycles. The van der Waals surface area contributed by atoms with Crippen molar-refractivity contribution in [2.75, 3.05) is 13.2 Å². The number of hydrogen-bond acceptors (Lipinski definition) is 2. The molecule has 4 nitrogen and oxygen atoms in total. The number of carbonyl (C=O) groups excluding carboxylic acids is 1. The molecule has 2 N–H and O–H groups in total. The largest absolute Gasteiger partial charge is 0.493 e. The van der Waals surface area contributed by atoms with Crippen LogP contribution in [0.15, 0.2) is 18.3 Å². The molecule has 2 heterocycles. The Balaban J connectivity index is 1.86. The number of amides is 1. The second-order valence-corrected chi connectivity index (χ2v) is 5.18. The topological polar surface area (TPSA) is 54.1 Å². The highest BCUT2D eigenvalue weighted by molar-refractivity contribution is 5.89. The molecule has 0 radical (unpaired) electrons. The fourth-order valence-corrected chi connectivity index (χ4v) is 2.83. The number of aryl methyl sites for hydroxylation is 1. The number of H-pyrrole nitrogens is 1. The second-order valence-electron chi connectivity index (χ2n) is 5.18. The van der Waals surface area contributed by atoms with Crippen LogP contribution in [-0.2, 0) is 17.6 Å². The lowest BCUT2D eigenvalue weighted by molar-refractivity contribution is -0.120. The molecule has 1 aliphatic rings. The van der Waals surface area contributed by atoms with Crippen LogP contribution in [0.5, 0.6) is 5.75 Å². The van der Waals surface area contributed by atoms with E-state index in [-0.39, 0.29) is 5.91 Å². The highest BCUT2D eigenvalue weighted by Gasteiger charge is 2.16. The Kier molecular flexibility index (Phi) is 3.63. The SMILES string of the molecule is CCC(=O)NCCc1c[nH]c2ccc3c(c12)CCCO3. The lowest BCUT2D eigenvalue weighted by Crippen LogP contribution is -2.24. The molecule has 106 valence electrons. The van der Waals surface area contributed by atoms with Gasteiger partial charge >= 0.3 is 0 Å². The molecule has 0 saturated carbocycles. The summed E-state index contributed by atoms with van der Waals surface area (Å²) in [5, 5.41) is 4.22. The molecule has 1 aliphatic heterocycles. The van der Waals surface area contributed by atoms with Gasteiger partial charge in [0.25, 0.3) is 0 Å². The molecule has 3 rings (SSSR count). The lowest BCUT2D eigenvalue weighted by atomic mass is 9.98. The van der Waals surface area contributed by atoms with E-state index < -0.39 is 0 Å². The highest BCUT2D eigenvalue weighted by atomic mass is 16.5. The van der Waals surface area contributed by atoms with E-state index in [1.165, 1.54) is 16.5 Å². The molecule has 1 amide bonds. The zero-order chi connectivity index (χ0) is 13.9. The van der Waals surface area contributed by atoms with Gasteiger partial charge in [-0.05, 0) is 37.0 Å². The van der Waals surface area contributed by atoms with Gasteiger partial charge in [-0.15, -0.1) is 0 Å². The smallest absolute Gasteiger partial charge is 0.219 e. The van der Waals surface area contributed by atoms with E-state index in [1.807, 2.05) is 6.92 Å². The zero-order valence-corrected chi connectivity index (χ0v) is 11.8. The number of nitrogens with one attached hydrogen (secondary N) is 2. The van der Waals surface area contributed by atoms with E-state index in [0.29, 0.717) is 13.0 Å². The van der Waals surface area contributed by atoms with Crippen molar-refractivity contribution in [1.29, 1.82) is 0 Å². The summed E-state index contributed by atoms with van der Waals surface area (Å²) in [5.74, 6) is 1.12. The maximum Gasteiger partial charge on any atom is 0.219 e. The first kappa shape index (κ1) is 13.0. The van der Waals surface area contributed by atoms with E-state index in [4.69, 9.17) is 4.74 Å². The quantitative estimate of drug-likeness (QED) is 0.898. The summed E-state index contributed by atoms with van der Waals surface area (Å²) in [6, 6.07) is 4.13. The number of aromatic amines is 1. The summed E-state index contributed by atoms with van der Waals surface area (Å²) in [5.41, 5.74) is 3.73. The van der Waals surface area contributed by atoms with E-state index in [1.54, 1.807) is 0 Å². The maximum absolute atomic E-state index is 11.3. The average Bonchev–Trinajstić information content (AvgIpc) is 2.91. The van der Waals surface area contributed by atoms with Crippen LogP contribution in [-0.4, -0.2) is 24.0 Å². The van der Waals surface area contributed by atoms with Gasteiger partial charge in [-0.2, -0.15) is 0 Å². The Morgan fingerprint density at radius 3 is 3.20 bits per heavy atom. The number of aromatic nitrogens is 1. The summed E-state index contributed by atoms with van der Waals surface area (Å²) >= 11 is 0. The Morgan fingerprint density at radius 1 is 1.45 bits per heavy atom. The number of benzene rings is 1. The lowest BCUT2D eigenvalue weighted by Gasteiger charge is -2.18. The third-order valence-electron chi connectivity index (χ3n) is 3.86. The van der Waals surface area contributed by atoms with Crippen molar-refractivity contribution < 1.29 is 9.53 Å². The van der Waals surface area contributed by atoms with Gasteiger partial charge in [0.05, 0.1) is 6.61 Å². The van der Waals surface area contributed by atoms with Crippen LogP contribution in [0.3, 0.4) is 0 Å². The van der Waals surface area contributed by atoms with Gasteiger partial charge in [0.15, 0.2) is 0 Å². The van der Waals surface area contributed by atoms with E-state index in [0.717, 1.165) is 37.1 Å². The van der Waals surface area contributed by atoms with Gasteiger partial charge in [-0.25, -0.2) is 0 Å². The van der Waals surface area contributed by atoms with E-state index >= 15 is 0 Å². The van der Waals surface area contributed by atoms with E-state index in [2.05, 4.69) is 28.6 Å². The number of hydrogen-bond donors (Lipinski definition) is 2. The first-order valence-electron chi connectivity index (χ1n) is 7.31. The fourth-order valence-electron chi connectivity index (χ4n) is 2.83. The van der Waals surface area contributed by atoms with Crippen LogP contribution in [0.4, 0.5) is 0 Å². The minimum absolute atomic E-state index is 0.107. The molecule has 4 heteroatoms. The number of rotatable bonds is 4. The molecule has 1 aromatic heterocycles. The molecule has 0 fully saturated rings.